The fraction of sp³-hybridized carbons (Fsp3) is 0. The smallest absolute Gasteiger partial charge is 0.274 e. The van der Waals surface area contributed by atoms with Crippen LogP contribution in [0.5, 0.6) is 0 Å². The maximum absolute atomic E-state index is 11.9. The summed E-state index contributed by atoms with van der Waals surface area (Å²) in [4.78, 5) is 15.8. The number of carbonyl (C=O) groups is 1. The molecular weight excluding hydrogens is 318 g/mol. The lowest BCUT2D eigenvalue weighted by Gasteiger charge is -2.07. The van der Waals surface area contributed by atoms with E-state index in [9.17, 15) is 4.79 Å². The second-order valence-electron chi connectivity index (χ2n) is 3.53. The number of amides is 1. The first kappa shape index (κ1) is 12.9. The Morgan fingerprint density at radius 1 is 1.33 bits per heavy atom. The van der Waals surface area contributed by atoms with Crippen LogP contribution in [0.4, 0.5) is 11.5 Å². The number of hydrogen-bond acceptors (Lipinski definition) is 3. The van der Waals surface area contributed by atoms with Crippen molar-refractivity contribution >= 4 is 44.9 Å². The van der Waals surface area contributed by atoms with Crippen molar-refractivity contribution < 1.29 is 4.79 Å². The van der Waals surface area contributed by atoms with E-state index >= 15 is 0 Å². The van der Waals surface area contributed by atoms with E-state index in [1.807, 2.05) is 0 Å². The monoisotopic (exact) mass is 325 g/mol. The van der Waals surface area contributed by atoms with E-state index in [1.54, 1.807) is 36.4 Å². The van der Waals surface area contributed by atoms with Crippen molar-refractivity contribution in [1.29, 1.82) is 0 Å². The zero-order chi connectivity index (χ0) is 13.1. The molecule has 1 aromatic heterocycles. The Labute approximate surface area is 117 Å². The zero-order valence-corrected chi connectivity index (χ0v) is 11.5. The van der Waals surface area contributed by atoms with Crippen molar-refractivity contribution in [2.45, 2.75) is 0 Å². The molecule has 0 atom stereocenters. The van der Waals surface area contributed by atoms with Crippen LogP contribution < -0.4 is 11.1 Å². The summed E-state index contributed by atoms with van der Waals surface area (Å²) in [6, 6.07) is 10.1. The van der Waals surface area contributed by atoms with Gasteiger partial charge in [-0.05, 0) is 30.3 Å². The van der Waals surface area contributed by atoms with E-state index in [4.69, 9.17) is 17.3 Å². The molecule has 2 aromatic rings. The Hall–Kier alpha value is -1.59. The van der Waals surface area contributed by atoms with Gasteiger partial charge in [0.1, 0.15) is 11.5 Å². The number of carbonyl (C=O) groups excluding carboxylic acids is 1. The number of benzene rings is 1. The molecule has 0 unspecified atom stereocenters. The highest BCUT2D eigenvalue weighted by molar-refractivity contribution is 9.10. The zero-order valence-electron chi connectivity index (χ0n) is 9.15. The maximum atomic E-state index is 11.9. The number of nitrogens with two attached hydrogens (primary N) is 1. The van der Waals surface area contributed by atoms with Crippen molar-refractivity contribution in [2.24, 2.45) is 0 Å². The summed E-state index contributed by atoms with van der Waals surface area (Å²) in [7, 11) is 0. The quantitative estimate of drug-likeness (QED) is 0.889. The van der Waals surface area contributed by atoms with Crippen LogP contribution in [0.3, 0.4) is 0 Å². The Bertz CT molecular complexity index is 604. The molecule has 0 fully saturated rings. The summed E-state index contributed by atoms with van der Waals surface area (Å²) < 4.78 is 0.840. The van der Waals surface area contributed by atoms with Crippen molar-refractivity contribution in [3.63, 3.8) is 0 Å². The predicted molar refractivity (Wildman–Crippen MR) is 75.8 cm³/mol. The van der Waals surface area contributed by atoms with E-state index in [-0.39, 0.29) is 11.6 Å². The van der Waals surface area contributed by atoms with Crippen LogP contribution in [0.1, 0.15) is 10.5 Å². The molecule has 6 heteroatoms. The molecule has 0 radical (unpaired) electrons. The molecule has 1 heterocycles. The number of nitrogens with zero attached hydrogens (tertiary/aromatic N) is 1. The Balaban J connectivity index is 2.21. The first-order valence-electron chi connectivity index (χ1n) is 5.05. The molecule has 3 N–H and O–H groups in total. The molecule has 0 bridgehead atoms. The maximum Gasteiger partial charge on any atom is 0.274 e. The lowest BCUT2D eigenvalue weighted by molar-refractivity contribution is 0.102. The third-order valence-electron chi connectivity index (χ3n) is 2.18. The molecule has 0 aliphatic heterocycles. The summed E-state index contributed by atoms with van der Waals surface area (Å²) in [5.41, 5.74) is 6.28. The second-order valence-corrected chi connectivity index (χ2v) is 4.85. The van der Waals surface area contributed by atoms with Gasteiger partial charge in [0.05, 0.1) is 10.7 Å². The van der Waals surface area contributed by atoms with Crippen molar-refractivity contribution in [3.8, 4) is 0 Å². The molecule has 0 saturated heterocycles. The van der Waals surface area contributed by atoms with Gasteiger partial charge in [-0.3, -0.25) is 4.79 Å². The SMILES string of the molecule is Nc1cccc(C(=O)Nc2ccc(Br)cc2Cl)n1. The number of nitrogens with one attached hydrogen (secondary N) is 1. The minimum absolute atomic E-state index is 0.244. The van der Waals surface area contributed by atoms with E-state index in [1.165, 1.54) is 0 Å². The third kappa shape index (κ3) is 3.00. The van der Waals surface area contributed by atoms with Crippen molar-refractivity contribution in [2.75, 3.05) is 11.1 Å². The normalized spacial score (nSPS) is 10.1. The lowest BCUT2D eigenvalue weighted by Crippen LogP contribution is -2.14. The Morgan fingerprint density at radius 2 is 2.11 bits per heavy atom. The standard InChI is InChI=1S/C12H9BrClN3O/c13-7-4-5-9(8(14)6-7)17-12(18)10-2-1-3-11(15)16-10/h1-6H,(H2,15,16)(H,17,18). The largest absolute Gasteiger partial charge is 0.384 e. The summed E-state index contributed by atoms with van der Waals surface area (Å²) >= 11 is 9.29. The van der Waals surface area contributed by atoms with Crippen molar-refractivity contribution in [3.05, 3.63) is 51.6 Å². The van der Waals surface area contributed by atoms with Gasteiger partial charge in [-0.25, -0.2) is 4.98 Å². The molecule has 92 valence electrons. The third-order valence-corrected chi connectivity index (χ3v) is 2.99. The number of pyridine rings is 1. The molecule has 1 aromatic carbocycles. The number of hydrogen-bond donors (Lipinski definition) is 2. The first-order valence-corrected chi connectivity index (χ1v) is 6.22. The van der Waals surface area contributed by atoms with Gasteiger partial charge in [-0.2, -0.15) is 0 Å². The molecule has 1 amide bonds. The molecule has 2 rings (SSSR count). The van der Waals surface area contributed by atoms with Crippen LogP contribution in [0, 0.1) is 0 Å². The lowest BCUT2D eigenvalue weighted by atomic mass is 10.3. The van der Waals surface area contributed by atoms with Gasteiger partial charge >= 0.3 is 0 Å². The molecule has 0 spiro atoms. The Kier molecular flexibility index (Phi) is 3.84. The highest BCUT2D eigenvalue weighted by Gasteiger charge is 2.10. The van der Waals surface area contributed by atoms with Crippen LogP contribution in [-0.4, -0.2) is 10.9 Å². The van der Waals surface area contributed by atoms with E-state index in [0.29, 0.717) is 16.5 Å². The van der Waals surface area contributed by atoms with Gasteiger partial charge in [0, 0.05) is 4.47 Å². The number of aromatic nitrogens is 1. The molecule has 4 nitrogen and oxygen atoms in total. The van der Waals surface area contributed by atoms with Gasteiger partial charge in [-0.1, -0.05) is 33.6 Å². The molecule has 18 heavy (non-hydrogen) atoms. The van der Waals surface area contributed by atoms with Crippen LogP contribution in [-0.2, 0) is 0 Å². The average Bonchev–Trinajstić information content (AvgIpc) is 2.32. The summed E-state index contributed by atoms with van der Waals surface area (Å²) in [5.74, 6) is -0.0592. The molecular formula is C12H9BrClN3O. The first-order chi connectivity index (χ1) is 8.56. The van der Waals surface area contributed by atoms with Crippen LogP contribution in [0.2, 0.25) is 5.02 Å². The van der Waals surface area contributed by atoms with E-state index in [0.717, 1.165) is 4.47 Å². The second kappa shape index (κ2) is 5.37. The molecule has 0 aliphatic rings. The van der Waals surface area contributed by atoms with Crippen molar-refractivity contribution in [1.82, 2.24) is 4.98 Å². The van der Waals surface area contributed by atoms with Gasteiger partial charge in [0.2, 0.25) is 0 Å². The summed E-state index contributed by atoms with van der Waals surface area (Å²) in [6.45, 7) is 0. The minimum Gasteiger partial charge on any atom is -0.384 e. The van der Waals surface area contributed by atoms with Gasteiger partial charge in [0.15, 0.2) is 0 Å². The number of anilines is 2. The number of halogens is 2. The van der Waals surface area contributed by atoms with Gasteiger partial charge < -0.3 is 11.1 Å². The van der Waals surface area contributed by atoms with E-state index in [2.05, 4.69) is 26.2 Å². The highest BCUT2D eigenvalue weighted by Crippen LogP contribution is 2.25. The van der Waals surface area contributed by atoms with Gasteiger partial charge in [0.25, 0.3) is 5.91 Å². The number of nitrogen functional groups attached to an aromatic ring is 1. The minimum atomic E-state index is -0.355. The van der Waals surface area contributed by atoms with E-state index < -0.39 is 0 Å². The molecule has 0 aliphatic carbocycles. The topological polar surface area (TPSA) is 68.0 Å². The van der Waals surface area contributed by atoms with Crippen LogP contribution in [0.25, 0.3) is 0 Å². The van der Waals surface area contributed by atoms with Crippen LogP contribution >= 0.6 is 27.5 Å². The fourth-order valence-electron chi connectivity index (χ4n) is 1.36. The van der Waals surface area contributed by atoms with Crippen LogP contribution in [0.15, 0.2) is 40.9 Å². The van der Waals surface area contributed by atoms with Gasteiger partial charge in [-0.15, -0.1) is 0 Å². The average molecular weight is 327 g/mol. The summed E-state index contributed by atoms with van der Waals surface area (Å²) in [5, 5.41) is 3.12. The number of rotatable bonds is 2. The summed E-state index contributed by atoms with van der Waals surface area (Å²) in [6.07, 6.45) is 0. The highest BCUT2D eigenvalue weighted by atomic mass is 79.9. The fourth-order valence-corrected chi connectivity index (χ4v) is 2.08. The molecule has 0 saturated carbocycles. The Morgan fingerprint density at radius 3 is 2.78 bits per heavy atom. The predicted octanol–water partition coefficient (Wildman–Crippen LogP) is 3.33.